The predicted octanol–water partition coefficient (Wildman–Crippen LogP) is 10.1. The van der Waals surface area contributed by atoms with Crippen LogP contribution in [0.1, 0.15) is 22.9 Å². The Morgan fingerprint density at radius 3 is 1.79 bits per heavy atom. The van der Waals surface area contributed by atoms with Gasteiger partial charge in [0.25, 0.3) is 0 Å². The van der Waals surface area contributed by atoms with Gasteiger partial charge in [0.05, 0.1) is 11.0 Å². The number of aliphatic imine (C=N–C) groups is 2. The van der Waals surface area contributed by atoms with Gasteiger partial charge in [0.15, 0.2) is 6.17 Å². The molecule has 9 rings (SSSR count). The lowest BCUT2D eigenvalue weighted by Gasteiger charge is -2.23. The highest BCUT2D eigenvalue weighted by Crippen LogP contribution is 2.35. The summed E-state index contributed by atoms with van der Waals surface area (Å²) in [6, 6.07) is 59.9. The topological polar surface area (TPSA) is 41.7 Å². The summed E-state index contributed by atoms with van der Waals surface area (Å²) in [6.07, 6.45) is -0.391. The molecule has 1 N–H and O–H groups in total. The van der Waals surface area contributed by atoms with Crippen LogP contribution >= 0.6 is 0 Å². The van der Waals surface area contributed by atoms with Crippen LogP contribution in [-0.2, 0) is 0 Å². The van der Waals surface area contributed by atoms with Crippen LogP contribution < -0.4 is 5.32 Å². The zero-order valence-corrected chi connectivity index (χ0v) is 25.6. The van der Waals surface area contributed by atoms with E-state index >= 15 is 0 Å². The molecule has 8 aromatic rings. The number of fused-ring (bicyclic) bond motifs is 4. The van der Waals surface area contributed by atoms with Crippen LogP contribution in [0.5, 0.6) is 0 Å². The van der Waals surface area contributed by atoms with E-state index in [-0.39, 0.29) is 0 Å². The van der Waals surface area contributed by atoms with Crippen molar-refractivity contribution in [2.45, 2.75) is 6.17 Å². The highest BCUT2D eigenvalue weighted by Gasteiger charge is 2.21. The maximum absolute atomic E-state index is 5.17. The van der Waals surface area contributed by atoms with Crippen LogP contribution in [0.3, 0.4) is 0 Å². The van der Waals surface area contributed by atoms with E-state index in [0.29, 0.717) is 0 Å². The molecule has 1 aromatic heterocycles. The summed E-state index contributed by atoms with van der Waals surface area (Å²) in [7, 11) is 0. The van der Waals surface area contributed by atoms with E-state index in [9.17, 15) is 0 Å². The minimum absolute atomic E-state index is 0.391. The molecule has 2 heterocycles. The molecule has 0 aliphatic carbocycles. The van der Waals surface area contributed by atoms with Gasteiger partial charge in [-0.3, -0.25) is 0 Å². The van der Waals surface area contributed by atoms with Crippen LogP contribution in [0.2, 0.25) is 0 Å². The van der Waals surface area contributed by atoms with Crippen molar-refractivity contribution in [2.24, 2.45) is 9.98 Å². The van der Waals surface area contributed by atoms with E-state index in [2.05, 4.69) is 155 Å². The van der Waals surface area contributed by atoms with E-state index in [1.54, 1.807) is 0 Å². The summed E-state index contributed by atoms with van der Waals surface area (Å²) in [5.41, 5.74) is 8.90. The molecule has 0 amide bonds. The molecule has 0 radical (unpaired) electrons. The molecule has 7 aromatic carbocycles. The van der Waals surface area contributed by atoms with Gasteiger partial charge in [0.2, 0.25) is 0 Å². The smallest absolute Gasteiger partial charge is 0.169 e. The fourth-order valence-corrected chi connectivity index (χ4v) is 6.69. The molecule has 1 atom stereocenters. The maximum atomic E-state index is 5.17. The van der Waals surface area contributed by atoms with Crippen molar-refractivity contribution in [1.29, 1.82) is 0 Å². The van der Waals surface area contributed by atoms with E-state index in [4.69, 9.17) is 9.98 Å². The molecular weight excluding hydrogens is 573 g/mol. The average molecular weight is 603 g/mol. The molecule has 1 aliphatic heterocycles. The van der Waals surface area contributed by atoms with Gasteiger partial charge in [-0.1, -0.05) is 133 Å². The Labute approximate surface area is 273 Å². The molecule has 47 heavy (non-hydrogen) atoms. The normalized spacial score (nSPS) is 14.6. The number of amidine groups is 2. The zero-order chi connectivity index (χ0) is 31.2. The number of nitrogens with one attached hydrogen (secondary N) is 1. The molecule has 4 heteroatoms. The van der Waals surface area contributed by atoms with Gasteiger partial charge in [-0.05, 0) is 63.9 Å². The number of para-hydroxylation sites is 1. The quantitative estimate of drug-likeness (QED) is 0.209. The summed E-state index contributed by atoms with van der Waals surface area (Å²) >= 11 is 0. The second kappa shape index (κ2) is 11.3. The number of nitrogens with zero attached hydrogens (tertiary/aromatic N) is 3. The van der Waals surface area contributed by atoms with E-state index in [0.717, 1.165) is 39.6 Å². The monoisotopic (exact) mass is 602 g/mol. The largest absolute Gasteiger partial charge is 0.324 e. The SMILES string of the molecule is c1ccc(C2=NC(c3ccc(-n4c5ccccc5c5cc6ccccc6cc54)cc3)N=C(c3cccc(-c4ccccc4)c3)N2)cc1. The Balaban J connectivity index is 1.14. The Kier molecular flexibility index (Phi) is 6.50. The lowest BCUT2D eigenvalue weighted by molar-refractivity contribution is 0.755. The van der Waals surface area contributed by atoms with Gasteiger partial charge >= 0.3 is 0 Å². The number of hydrogen-bond donors (Lipinski definition) is 1. The van der Waals surface area contributed by atoms with Crippen molar-refractivity contribution < 1.29 is 0 Å². The molecule has 4 nitrogen and oxygen atoms in total. The van der Waals surface area contributed by atoms with E-state index in [1.165, 1.54) is 38.1 Å². The van der Waals surface area contributed by atoms with Crippen molar-refractivity contribution in [3.63, 3.8) is 0 Å². The summed E-state index contributed by atoms with van der Waals surface area (Å²) in [4.78, 5) is 10.3. The summed E-state index contributed by atoms with van der Waals surface area (Å²) in [6.45, 7) is 0. The van der Waals surface area contributed by atoms with Crippen molar-refractivity contribution >= 4 is 44.2 Å². The van der Waals surface area contributed by atoms with Crippen molar-refractivity contribution in [3.8, 4) is 16.8 Å². The highest BCUT2D eigenvalue weighted by atomic mass is 15.2. The van der Waals surface area contributed by atoms with Crippen LogP contribution in [-0.4, -0.2) is 16.2 Å². The van der Waals surface area contributed by atoms with E-state index < -0.39 is 6.17 Å². The van der Waals surface area contributed by atoms with Gasteiger partial charge in [-0.15, -0.1) is 0 Å². The highest BCUT2D eigenvalue weighted by molar-refractivity contribution is 6.16. The number of hydrogen-bond acceptors (Lipinski definition) is 3. The summed E-state index contributed by atoms with van der Waals surface area (Å²) in [5.74, 6) is 1.61. The molecule has 0 fully saturated rings. The molecule has 0 saturated carbocycles. The van der Waals surface area contributed by atoms with Gasteiger partial charge < -0.3 is 9.88 Å². The minimum Gasteiger partial charge on any atom is -0.324 e. The van der Waals surface area contributed by atoms with Gasteiger partial charge in [-0.25, -0.2) is 9.98 Å². The molecule has 1 unspecified atom stereocenters. The van der Waals surface area contributed by atoms with Crippen molar-refractivity contribution in [1.82, 2.24) is 9.88 Å². The van der Waals surface area contributed by atoms with Gasteiger partial charge in [-0.2, -0.15) is 0 Å². The lowest BCUT2D eigenvalue weighted by Crippen LogP contribution is -2.36. The number of benzene rings is 7. The Morgan fingerprint density at radius 1 is 0.426 bits per heavy atom. The Morgan fingerprint density at radius 2 is 1.02 bits per heavy atom. The third-order valence-electron chi connectivity index (χ3n) is 9.02. The molecule has 0 saturated heterocycles. The summed E-state index contributed by atoms with van der Waals surface area (Å²) in [5, 5.41) is 8.54. The fraction of sp³-hybridized carbons (Fsp3) is 0.0233. The standard InChI is InChI=1S/C43H30N4/c1-3-12-29(13-4-1)32-18-11-19-35(26-32)43-45-41(30-14-5-2-6-15-30)44-42(46-43)31-22-24-36(25-23-31)47-39-21-10-9-20-37(39)38-27-33-16-7-8-17-34(33)28-40(38)47/h1-28,42H,(H,44,45,46). The first kappa shape index (κ1) is 27.1. The van der Waals surface area contributed by atoms with Crippen LogP contribution in [0.25, 0.3) is 49.4 Å². The van der Waals surface area contributed by atoms with Crippen LogP contribution in [0, 0.1) is 0 Å². The lowest BCUT2D eigenvalue weighted by atomic mass is 10.0. The minimum atomic E-state index is -0.391. The van der Waals surface area contributed by atoms with Crippen LogP contribution in [0.4, 0.5) is 0 Å². The maximum Gasteiger partial charge on any atom is 0.169 e. The third-order valence-corrected chi connectivity index (χ3v) is 9.02. The zero-order valence-electron chi connectivity index (χ0n) is 25.6. The van der Waals surface area contributed by atoms with Gasteiger partial charge in [0, 0.05) is 27.6 Å². The molecular formula is C43H30N4. The molecule has 222 valence electrons. The van der Waals surface area contributed by atoms with Crippen molar-refractivity contribution in [2.75, 3.05) is 0 Å². The van der Waals surface area contributed by atoms with Crippen LogP contribution in [0.15, 0.2) is 180 Å². The fourth-order valence-electron chi connectivity index (χ4n) is 6.69. The first-order valence-corrected chi connectivity index (χ1v) is 15.9. The van der Waals surface area contributed by atoms with Gasteiger partial charge in [0.1, 0.15) is 11.7 Å². The molecule has 1 aliphatic rings. The molecule has 0 bridgehead atoms. The predicted molar refractivity (Wildman–Crippen MR) is 196 cm³/mol. The third kappa shape index (κ3) is 4.88. The Bertz CT molecular complexity index is 2470. The summed E-state index contributed by atoms with van der Waals surface area (Å²) < 4.78 is 2.37. The second-order valence-corrected chi connectivity index (χ2v) is 11.9. The first-order valence-electron chi connectivity index (χ1n) is 15.9. The number of aromatic nitrogens is 1. The average Bonchev–Trinajstić information content (AvgIpc) is 3.47. The number of rotatable bonds is 5. The van der Waals surface area contributed by atoms with E-state index in [1.807, 2.05) is 24.3 Å². The molecule has 0 spiro atoms. The Hall–Kier alpha value is -6.26. The van der Waals surface area contributed by atoms with Crippen molar-refractivity contribution in [3.05, 3.63) is 187 Å². The first-order chi connectivity index (χ1) is 23.3. The second-order valence-electron chi connectivity index (χ2n) is 11.9.